The molecular weight excluding hydrogens is 262 g/mol. The first-order valence-corrected chi connectivity index (χ1v) is 6.05. The van der Waals surface area contributed by atoms with E-state index in [2.05, 4.69) is 20.7 Å². The molecule has 0 aromatic carbocycles. The summed E-state index contributed by atoms with van der Waals surface area (Å²) in [5.41, 5.74) is 4.61. The Balaban J connectivity index is 3.36. The number of primary amides is 1. The second kappa shape index (κ2) is 4.36. The van der Waals surface area contributed by atoms with E-state index in [-0.39, 0.29) is 0 Å². The van der Waals surface area contributed by atoms with E-state index in [4.69, 9.17) is 0 Å². The van der Waals surface area contributed by atoms with Gasteiger partial charge in [-0.05, 0) is 0 Å². The van der Waals surface area contributed by atoms with Crippen LogP contribution in [0.3, 0.4) is 0 Å². The molecule has 0 atom stereocenters. The van der Waals surface area contributed by atoms with Gasteiger partial charge >= 0.3 is 16.1 Å². The van der Waals surface area contributed by atoms with Crippen LogP contribution in [0.5, 0.6) is 0 Å². The average molecular weight is 267 g/mol. The normalized spacial score (nSPS) is 11.3. The van der Waals surface area contributed by atoms with Gasteiger partial charge in [-0.2, -0.15) is 8.42 Å². The number of rotatable bonds is 3. The number of carbonyl (C=O) groups excluding carboxylic acids is 1. The Morgan fingerprint density at radius 1 is 1.31 bits per heavy atom. The van der Waals surface area contributed by atoms with Crippen molar-refractivity contribution in [3.63, 3.8) is 0 Å². The highest BCUT2D eigenvalue weighted by Gasteiger charge is 2.32. The number of hydrogen-bond acceptors (Lipinski definition) is 8. The number of nitrogens with zero attached hydrogens (tertiary/aromatic N) is 4. The van der Waals surface area contributed by atoms with Crippen molar-refractivity contribution in [2.75, 3.05) is 0 Å². The van der Waals surface area contributed by atoms with Crippen LogP contribution in [-0.2, 0) is 20.9 Å². The van der Waals surface area contributed by atoms with Crippen LogP contribution in [0.1, 0.15) is 0 Å². The van der Waals surface area contributed by atoms with Gasteiger partial charge in [0.25, 0.3) is 5.16 Å². The number of urea groups is 1. The van der Waals surface area contributed by atoms with Gasteiger partial charge in [0.15, 0.2) is 0 Å². The standard InChI is InChI=1S/C4H5N5O5S2/c5-3(10)9(15(11)12)16(13,14)4-7-1-6-2-8-4/h1-2,15H,(H2,5,10). The van der Waals surface area contributed by atoms with Gasteiger partial charge in [-0.3, -0.25) is 0 Å². The molecule has 0 spiro atoms. The molecule has 10 nitrogen and oxygen atoms in total. The predicted octanol–water partition coefficient (Wildman–Crippen LogP) is -2.53. The Morgan fingerprint density at radius 2 is 1.81 bits per heavy atom. The van der Waals surface area contributed by atoms with Gasteiger partial charge < -0.3 is 5.73 Å². The molecule has 16 heavy (non-hydrogen) atoms. The lowest BCUT2D eigenvalue weighted by Gasteiger charge is -2.10. The second-order valence-electron chi connectivity index (χ2n) is 2.24. The first-order valence-electron chi connectivity index (χ1n) is 3.48. The molecule has 1 aromatic rings. The molecule has 0 saturated heterocycles. The Morgan fingerprint density at radius 3 is 2.19 bits per heavy atom. The van der Waals surface area contributed by atoms with E-state index in [1.165, 1.54) is 0 Å². The third kappa shape index (κ3) is 2.22. The minimum atomic E-state index is -4.70. The highest BCUT2D eigenvalue weighted by atomic mass is 32.3. The monoisotopic (exact) mass is 267 g/mol. The fraction of sp³-hybridized carbons (Fsp3) is 0. The van der Waals surface area contributed by atoms with Crippen LogP contribution in [0.25, 0.3) is 0 Å². The minimum Gasteiger partial charge on any atom is -0.350 e. The number of sulfonamides is 1. The maximum absolute atomic E-state index is 11.5. The molecule has 1 aromatic heterocycles. The van der Waals surface area contributed by atoms with Crippen LogP contribution in [0.15, 0.2) is 17.8 Å². The van der Waals surface area contributed by atoms with Crippen LogP contribution >= 0.6 is 0 Å². The summed E-state index contributed by atoms with van der Waals surface area (Å²) in [6.07, 6.45) is 1.66. The molecule has 0 fully saturated rings. The second-order valence-corrected chi connectivity index (χ2v) is 5.07. The molecule has 0 unspecified atom stereocenters. The van der Waals surface area contributed by atoms with Gasteiger partial charge in [0, 0.05) is 0 Å². The molecule has 0 saturated carbocycles. The molecule has 88 valence electrons. The van der Waals surface area contributed by atoms with E-state index in [9.17, 15) is 21.6 Å². The van der Waals surface area contributed by atoms with Gasteiger partial charge in [0.2, 0.25) is 10.9 Å². The molecule has 1 rings (SSSR count). The minimum absolute atomic E-state index is 0.530. The zero-order valence-corrected chi connectivity index (χ0v) is 9.13. The topological polar surface area (TPSA) is 153 Å². The molecule has 2 amide bonds. The molecule has 2 N–H and O–H groups in total. The van der Waals surface area contributed by atoms with Crippen molar-refractivity contribution in [1.29, 1.82) is 0 Å². The zero-order chi connectivity index (χ0) is 12.3. The SMILES string of the molecule is NC(=O)N([SH](=O)=O)S(=O)(=O)c1ncncn1. The van der Waals surface area contributed by atoms with Crippen molar-refractivity contribution in [3.05, 3.63) is 12.7 Å². The lowest BCUT2D eigenvalue weighted by molar-refractivity contribution is 0.244. The lowest BCUT2D eigenvalue weighted by atomic mass is 11.1. The van der Waals surface area contributed by atoms with E-state index in [1.54, 1.807) is 0 Å². The zero-order valence-electron chi connectivity index (χ0n) is 7.42. The summed E-state index contributed by atoms with van der Waals surface area (Å²) in [6, 6.07) is -1.67. The van der Waals surface area contributed by atoms with Crippen LogP contribution in [-0.4, -0.2) is 41.5 Å². The van der Waals surface area contributed by atoms with E-state index >= 15 is 0 Å². The first-order chi connectivity index (χ1) is 7.37. The molecule has 0 aliphatic rings. The van der Waals surface area contributed by atoms with Crippen molar-refractivity contribution >= 4 is 26.9 Å². The Bertz CT molecular complexity index is 558. The molecule has 12 heteroatoms. The van der Waals surface area contributed by atoms with E-state index in [0.717, 1.165) is 12.7 Å². The largest absolute Gasteiger partial charge is 0.350 e. The van der Waals surface area contributed by atoms with Crippen LogP contribution in [0.2, 0.25) is 0 Å². The smallest absolute Gasteiger partial charge is 0.342 e. The van der Waals surface area contributed by atoms with Crippen LogP contribution < -0.4 is 5.73 Å². The van der Waals surface area contributed by atoms with E-state index < -0.39 is 35.8 Å². The fourth-order valence-corrected chi connectivity index (χ4v) is 2.56. The highest BCUT2D eigenvalue weighted by Crippen LogP contribution is 2.08. The van der Waals surface area contributed by atoms with Gasteiger partial charge in [-0.25, -0.2) is 28.2 Å². The Kier molecular flexibility index (Phi) is 3.34. The number of amides is 2. The maximum Gasteiger partial charge on any atom is 0.342 e. The third-order valence-electron chi connectivity index (χ3n) is 1.26. The average Bonchev–Trinajstić information content (AvgIpc) is 2.17. The molecule has 0 radical (unpaired) electrons. The molecular formula is C4H5N5O5S2. The van der Waals surface area contributed by atoms with E-state index in [0.29, 0.717) is 0 Å². The van der Waals surface area contributed by atoms with Crippen molar-refractivity contribution in [3.8, 4) is 0 Å². The summed E-state index contributed by atoms with van der Waals surface area (Å²) >= 11 is 0. The summed E-state index contributed by atoms with van der Waals surface area (Å²) in [7, 11) is -8.44. The lowest BCUT2D eigenvalue weighted by Crippen LogP contribution is -2.40. The molecule has 0 bridgehead atoms. The quantitative estimate of drug-likeness (QED) is 0.568. The van der Waals surface area contributed by atoms with Gasteiger partial charge in [-0.15, -0.1) is 3.71 Å². The highest BCUT2D eigenvalue weighted by molar-refractivity contribution is 7.98. The van der Waals surface area contributed by atoms with Gasteiger partial charge in [0.1, 0.15) is 12.7 Å². The third-order valence-corrected chi connectivity index (χ3v) is 4.11. The number of nitrogens with two attached hydrogens (primary N) is 1. The van der Waals surface area contributed by atoms with E-state index in [1.807, 2.05) is 0 Å². The number of carbonyl (C=O) groups is 1. The van der Waals surface area contributed by atoms with Crippen molar-refractivity contribution < 1.29 is 21.6 Å². The number of thiol groups is 1. The van der Waals surface area contributed by atoms with Gasteiger partial charge in [0.05, 0.1) is 0 Å². The fourth-order valence-electron chi connectivity index (χ4n) is 0.726. The summed E-state index contributed by atoms with van der Waals surface area (Å²) in [4.78, 5) is 20.4. The van der Waals surface area contributed by atoms with Crippen molar-refractivity contribution in [1.82, 2.24) is 18.7 Å². The Labute approximate surface area is 91.3 Å². The van der Waals surface area contributed by atoms with Crippen molar-refractivity contribution in [2.45, 2.75) is 5.16 Å². The first kappa shape index (κ1) is 12.3. The molecule has 0 aliphatic carbocycles. The summed E-state index contributed by atoms with van der Waals surface area (Å²) in [5, 5.41) is -0.888. The van der Waals surface area contributed by atoms with Crippen LogP contribution in [0, 0.1) is 0 Å². The summed E-state index contributed by atoms with van der Waals surface area (Å²) < 4.78 is 43.6. The predicted molar refractivity (Wildman–Crippen MR) is 48.8 cm³/mol. The maximum atomic E-state index is 11.5. The molecule has 1 heterocycles. The summed E-state index contributed by atoms with van der Waals surface area (Å²) in [5.74, 6) is 0. The number of hydrogen-bond donors (Lipinski definition) is 2. The summed E-state index contributed by atoms with van der Waals surface area (Å²) in [6.45, 7) is 0. The van der Waals surface area contributed by atoms with Crippen LogP contribution in [0.4, 0.5) is 4.79 Å². The molecule has 0 aliphatic heterocycles. The Hall–Kier alpha value is -1.82. The van der Waals surface area contributed by atoms with Crippen molar-refractivity contribution in [2.24, 2.45) is 5.73 Å². The number of aromatic nitrogens is 3. The van der Waals surface area contributed by atoms with Gasteiger partial charge in [-0.1, -0.05) is 0 Å².